The molecule has 2 aromatic carbocycles. The normalized spacial score (nSPS) is 7.65. The van der Waals surface area contributed by atoms with Crippen molar-refractivity contribution in [2.45, 2.75) is 26.7 Å². The average Bonchev–Trinajstić information content (AvgIpc) is 2.91. The average molecular weight is 272 g/mol. The fraction of sp³-hybridized carbons (Fsp3) is 0.250. The van der Waals surface area contributed by atoms with Gasteiger partial charge in [0.05, 0.1) is 0 Å². The summed E-state index contributed by atoms with van der Waals surface area (Å²) in [7, 11) is 0. The van der Waals surface area contributed by atoms with Crippen molar-refractivity contribution in [2.24, 2.45) is 0 Å². The summed E-state index contributed by atoms with van der Waals surface area (Å²) < 4.78 is 0. The molecule has 0 N–H and O–H groups in total. The Balaban J connectivity index is -0.000000216. The summed E-state index contributed by atoms with van der Waals surface area (Å²) in [6.07, 6.45) is 2.35. The molecule has 0 saturated carbocycles. The second kappa shape index (κ2) is 13.3. The minimum atomic E-state index is 0. The molecule has 1 heteroatoms. The van der Waals surface area contributed by atoms with E-state index >= 15 is 0 Å². The van der Waals surface area contributed by atoms with Crippen molar-refractivity contribution in [2.75, 3.05) is 0 Å². The van der Waals surface area contributed by atoms with Crippen LogP contribution in [0.4, 0.5) is 0 Å². The van der Waals surface area contributed by atoms with E-state index in [2.05, 4.69) is 32.0 Å². The quantitative estimate of drug-likeness (QED) is 0.542. The van der Waals surface area contributed by atoms with Crippen LogP contribution in [0, 0.1) is 14.9 Å². The first-order chi connectivity index (χ1) is 6.88. The van der Waals surface area contributed by atoms with Gasteiger partial charge in [-0.3, -0.25) is 0 Å². The Morgan fingerprint density at radius 3 is 1.94 bits per heavy atom. The zero-order chi connectivity index (χ0) is 10.2. The number of aryl methyl sites for hydroxylation is 2. The van der Waals surface area contributed by atoms with Crippen LogP contribution in [0.25, 0.3) is 0 Å². The molecule has 0 amide bonds. The molecule has 0 radical (unpaired) electrons. The van der Waals surface area contributed by atoms with Gasteiger partial charge in [0.2, 0.25) is 0 Å². The van der Waals surface area contributed by atoms with Crippen LogP contribution in [0.2, 0.25) is 0 Å². The molecule has 0 fully saturated rings. The van der Waals surface area contributed by atoms with E-state index in [-0.39, 0.29) is 31.9 Å². The van der Waals surface area contributed by atoms with E-state index in [0.29, 0.717) is 0 Å². The molecular formula is C16H24Fe. The van der Waals surface area contributed by atoms with Gasteiger partial charge in [-0.1, -0.05) is 26.7 Å². The maximum atomic E-state index is 2.21. The van der Waals surface area contributed by atoms with Gasteiger partial charge in [-0.25, -0.2) is 24.3 Å². The van der Waals surface area contributed by atoms with Crippen molar-refractivity contribution in [3.05, 3.63) is 74.5 Å². The van der Waals surface area contributed by atoms with Crippen LogP contribution in [0.3, 0.4) is 0 Å². The monoisotopic (exact) mass is 272 g/mol. The first kappa shape index (κ1) is 21.5. The molecule has 0 aromatic heterocycles. The van der Waals surface area contributed by atoms with Gasteiger partial charge in [0.25, 0.3) is 0 Å². The SMILES string of the molecule is CCc1ccc[c-]1CC.[CH3-].[CH3-].[Fe+4].c1cc[cH-]c1. The van der Waals surface area contributed by atoms with Gasteiger partial charge < -0.3 is 14.9 Å². The van der Waals surface area contributed by atoms with Crippen molar-refractivity contribution in [3.8, 4) is 0 Å². The zero-order valence-corrected chi connectivity index (χ0v) is 12.5. The molecule has 0 spiro atoms. The van der Waals surface area contributed by atoms with E-state index < -0.39 is 0 Å². The summed E-state index contributed by atoms with van der Waals surface area (Å²) in [6.45, 7) is 4.41. The molecule has 96 valence electrons. The van der Waals surface area contributed by atoms with E-state index in [1.807, 2.05) is 30.3 Å². The van der Waals surface area contributed by atoms with Crippen LogP contribution in [0.5, 0.6) is 0 Å². The molecule has 0 atom stereocenters. The Kier molecular flexibility index (Phi) is 16.8. The molecule has 0 aliphatic heterocycles. The molecule has 0 saturated heterocycles. The molecule has 0 bridgehead atoms. The molecule has 0 nitrogen and oxygen atoms in total. The van der Waals surface area contributed by atoms with Crippen LogP contribution < -0.4 is 0 Å². The standard InChI is InChI=1S/C9H13.C5H5.2CH3.Fe/c1-3-8-6-5-7-9(8)4-2;1-2-4-5-3-1;;;/h5-7H,3-4H2,1-2H3;1-5H;2*1H3;/q4*-1;+4. The molecular weight excluding hydrogens is 248 g/mol. The second-order valence-corrected chi connectivity index (χ2v) is 3.25. The van der Waals surface area contributed by atoms with Crippen molar-refractivity contribution in [3.63, 3.8) is 0 Å². The third kappa shape index (κ3) is 8.01. The Morgan fingerprint density at radius 1 is 1.06 bits per heavy atom. The van der Waals surface area contributed by atoms with Crippen molar-refractivity contribution < 1.29 is 17.1 Å². The maximum absolute atomic E-state index is 2.21. The van der Waals surface area contributed by atoms with Crippen LogP contribution >= 0.6 is 0 Å². The third-order valence-corrected chi connectivity index (χ3v) is 2.32. The molecule has 0 aliphatic carbocycles. The van der Waals surface area contributed by atoms with Gasteiger partial charge >= 0.3 is 17.1 Å². The molecule has 0 heterocycles. The van der Waals surface area contributed by atoms with Gasteiger partial charge in [0.1, 0.15) is 0 Å². The predicted molar refractivity (Wildman–Crippen MR) is 75.7 cm³/mol. The minimum absolute atomic E-state index is 0. The van der Waals surface area contributed by atoms with Gasteiger partial charge in [0, 0.05) is 0 Å². The van der Waals surface area contributed by atoms with Crippen LogP contribution in [-0.4, -0.2) is 0 Å². The summed E-state index contributed by atoms with van der Waals surface area (Å²) in [4.78, 5) is 0. The van der Waals surface area contributed by atoms with Crippen molar-refractivity contribution >= 4 is 0 Å². The Morgan fingerprint density at radius 2 is 1.65 bits per heavy atom. The van der Waals surface area contributed by atoms with Crippen LogP contribution in [0.1, 0.15) is 25.0 Å². The molecule has 0 aliphatic rings. The van der Waals surface area contributed by atoms with Crippen molar-refractivity contribution in [1.82, 2.24) is 0 Å². The largest absolute Gasteiger partial charge is 4.00 e. The van der Waals surface area contributed by atoms with E-state index in [1.165, 1.54) is 24.0 Å². The predicted octanol–water partition coefficient (Wildman–Crippen LogP) is 4.83. The summed E-state index contributed by atoms with van der Waals surface area (Å²) in [5.74, 6) is 0. The first-order valence-corrected chi connectivity index (χ1v) is 5.28. The smallest absolute Gasteiger partial charge is 0.358 e. The van der Waals surface area contributed by atoms with E-state index in [1.54, 1.807) is 0 Å². The fourth-order valence-corrected chi connectivity index (χ4v) is 1.51. The van der Waals surface area contributed by atoms with E-state index in [4.69, 9.17) is 0 Å². The van der Waals surface area contributed by atoms with Crippen LogP contribution in [-0.2, 0) is 29.9 Å². The summed E-state index contributed by atoms with van der Waals surface area (Å²) in [5.41, 5.74) is 3.02. The Hall–Kier alpha value is -0.781. The topological polar surface area (TPSA) is 0 Å². The summed E-state index contributed by atoms with van der Waals surface area (Å²) in [5, 5.41) is 0. The Labute approximate surface area is 118 Å². The van der Waals surface area contributed by atoms with Gasteiger partial charge in [-0.2, -0.15) is 35.4 Å². The van der Waals surface area contributed by atoms with E-state index in [0.717, 1.165) is 0 Å². The van der Waals surface area contributed by atoms with E-state index in [9.17, 15) is 0 Å². The summed E-state index contributed by atoms with van der Waals surface area (Å²) >= 11 is 0. The van der Waals surface area contributed by atoms with Gasteiger partial charge in [0.15, 0.2) is 0 Å². The van der Waals surface area contributed by atoms with Crippen molar-refractivity contribution in [1.29, 1.82) is 0 Å². The maximum Gasteiger partial charge on any atom is 4.00 e. The van der Waals surface area contributed by atoms with Gasteiger partial charge in [-0.05, 0) is 0 Å². The van der Waals surface area contributed by atoms with Gasteiger partial charge in [-0.15, -0.1) is 0 Å². The number of hydrogen-bond acceptors (Lipinski definition) is 0. The van der Waals surface area contributed by atoms with Crippen LogP contribution in [0.15, 0.2) is 48.5 Å². The Bertz CT molecular complexity index is 281. The molecule has 2 rings (SSSR count). The fourth-order valence-electron chi connectivity index (χ4n) is 1.51. The number of hydrogen-bond donors (Lipinski definition) is 0. The first-order valence-electron chi connectivity index (χ1n) is 5.28. The third-order valence-electron chi connectivity index (χ3n) is 2.32. The zero-order valence-electron chi connectivity index (χ0n) is 11.4. The molecule has 0 unspecified atom stereocenters. The summed E-state index contributed by atoms with van der Waals surface area (Å²) in [6, 6.07) is 16.6. The number of rotatable bonds is 2. The minimum Gasteiger partial charge on any atom is -0.358 e. The molecule has 2 aromatic rings. The second-order valence-electron chi connectivity index (χ2n) is 3.25. The molecule has 17 heavy (non-hydrogen) atoms.